The van der Waals surface area contributed by atoms with E-state index in [4.69, 9.17) is 0 Å². The molecule has 4 rings (SSSR count). The molecule has 1 aromatic heterocycles. The molecular formula is C23H25N5O. The van der Waals surface area contributed by atoms with E-state index in [1.807, 2.05) is 53.2 Å². The van der Waals surface area contributed by atoms with Crippen LogP contribution in [0.2, 0.25) is 0 Å². The molecule has 0 aliphatic carbocycles. The molecule has 6 heteroatoms. The van der Waals surface area contributed by atoms with Crippen LogP contribution in [0, 0.1) is 0 Å². The predicted molar refractivity (Wildman–Crippen MR) is 114 cm³/mol. The lowest BCUT2D eigenvalue weighted by molar-refractivity contribution is 0.0622. The minimum Gasteiger partial charge on any atom is -0.335 e. The van der Waals surface area contributed by atoms with Gasteiger partial charge in [0.2, 0.25) is 5.95 Å². The Morgan fingerprint density at radius 3 is 2.28 bits per heavy atom. The van der Waals surface area contributed by atoms with Crippen molar-refractivity contribution in [2.45, 2.75) is 6.54 Å². The highest BCUT2D eigenvalue weighted by Gasteiger charge is 2.23. The van der Waals surface area contributed by atoms with E-state index in [2.05, 4.69) is 39.1 Å². The molecule has 0 unspecified atom stereocenters. The number of anilines is 2. The molecule has 0 N–H and O–H groups in total. The number of hydrogen-bond donors (Lipinski definition) is 0. The standard InChI is InChI=1S/C23H25N5O/c1-26(20-10-6-3-7-11-20)23-24-13-12-21(25-23)22(29)28-16-14-27(15-17-28)18-19-8-4-2-5-9-19/h2-13H,14-18H2,1H3. The van der Waals surface area contributed by atoms with Crippen LogP contribution in [-0.2, 0) is 6.54 Å². The van der Waals surface area contributed by atoms with Crippen molar-refractivity contribution in [3.63, 3.8) is 0 Å². The summed E-state index contributed by atoms with van der Waals surface area (Å²) in [6, 6.07) is 22.0. The molecule has 0 spiro atoms. The van der Waals surface area contributed by atoms with Gasteiger partial charge in [0.25, 0.3) is 5.91 Å². The van der Waals surface area contributed by atoms with E-state index in [1.165, 1.54) is 5.56 Å². The van der Waals surface area contributed by atoms with Crippen molar-refractivity contribution in [2.24, 2.45) is 0 Å². The molecule has 3 aromatic rings. The summed E-state index contributed by atoms with van der Waals surface area (Å²) >= 11 is 0. The van der Waals surface area contributed by atoms with E-state index < -0.39 is 0 Å². The fourth-order valence-corrected chi connectivity index (χ4v) is 3.51. The van der Waals surface area contributed by atoms with Crippen molar-refractivity contribution < 1.29 is 4.79 Å². The number of nitrogens with zero attached hydrogens (tertiary/aromatic N) is 5. The third kappa shape index (κ3) is 4.60. The van der Waals surface area contributed by atoms with Crippen molar-refractivity contribution in [2.75, 3.05) is 38.1 Å². The first-order valence-electron chi connectivity index (χ1n) is 9.88. The van der Waals surface area contributed by atoms with Crippen LogP contribution < -0.4 is 4.90 Å². The van der Waals surface area contributed by atoms with Crippen LogP contribution in [0.25, 0.3) is 0 Å². The first-order chi connectivity index (χ1) is 14.2. The molecule has 148 valence electrons. The molecule has 1 aliphatic rings. The molecule has 6 nitrogen and oxygen atoms in total. The van der Waals surface area contributed by atoms with E-state index in [0.29, 0.717) is 24.7 Å². The zero-order valence-corrected chi connectivity index (χ0v) is 16.6. The Balaban J connectivity index is 1.39. The highest BCUT2D eigenvalue weighted by atomic mass is 16.2. The number of carbonyl (C=O) groups is 1. The number of rotatable bonds is 5. The van der Waals surface area contributed by atoms with E-state index in [0.717, 1.165) is 25.3 Å². The van der Waals surface area contributed by atoms with Gasteiger partial charge in [-0.3, -0.25) is 9.69 Å². The topological polar surface area (TPSA) is 52.6 Å². The summed E-state index contributed by atoms with van der Waals surface area (Å²) < 4.78 is 0. The molecule has 2 aromatic carbocycles. The van der Waals surface area contributed by atoms with E-state index in [1.54, 1.807) is 12.3 Å². The summed E-state index contributed by atoms with van der Waals surface area (Å²) in [6.45, 7) is 4.06. The largest absolute Gasteiger partial charge is 0.335 e. The van der Waals surface area contributed by atoms with Crippen LogP contribution in [0.4, 0.5) is 11.6 Å². The van der Waals surface area contributed by atoms with Gasteiger partial charge >= 0.3 is 0 Å². The van der Waals surface area contributed by atoms with Gasteiger partial charge in [-0.05, 0) is 23.8 Å². The van der Waals surface area contributed by atoms with Crippen LogP contribution in [-0.4, -0.2) is 58.9 Å². The zero-order valence-electron chi connectivity index (χ0n) is 16.6. The second-order valence-corrected chi connectivity index (χ2v) is 7.19. The monoisotopic (exact) mass is 387 g/mol. The average molecular weight is 387 g/mol. The Hall–Kier alpha value is -3.25. The molecule has 0 bridgehead atoms. The summed E-state index contributed by atoms with van der Waals surface area (Å²) in [5, 5.41) is 0. The summed E-state index contributed by atoms with van der Waals surface area (Å²) in [7, 11) is 1.90. The predicted octanol–water partition coefficient (Wildman–Crippen LogP) is 3.20. The number of hydrogen-bond acceptors (Lipinski definition) is 5. The van der Waals surface area contributed by atoms with Gasteiger partial charge in [-0.15, -0.1) is 0 Å². The Morgan fingerprint density at radius 2 is 1.59 bits per heavy atom. The molecule has 1 amide bonds. The average Bonchev–Trinajstić information content (AvgIpc) is 2.80. The lowest BCUT2D eigenvalue weighted by atomic mass is 10.2. The molecule has 1 saturated heterocycles. The number of benzene rings is 2. The van der Waals surface area contributed by atoms with Gasteiger partial charge in [-0.1, -0.05) is 48.5 Å². The SMILES string of the molecule is CN(c1ccccc1)c1nccc(C(=O)N2CCN(Cc3ccccc3)CC2)n1. The first kappa shape index (κ1) is 19.1. The number of aromatic nitrogens is 2. The summed E-state index contributed by atoms with van der Waals surface area (Å²) in [4.78, 5) is 28.0. The number of piperazine rings is 1. The molecule has 1 fully saturated rings. The van der Waals surface area contributed by atoms with Gasteiger partial charge in [-0.2, -0.15) is 0 Å². The van der Waals surface area contributed by atoms with Crippen LogP contribution in [0.3, 0.4) is 0 Å². The first-order valence-corrected chi connectivity index (χ1v) is 9.88. The van der Waals surface area contributed by atoms with Gasteiger partial charge in [0.15, 0.2) is 0 Å². The highest BCUT2D eigenvalue weighted by molar-refractivity contribution is 5.92. The smallest absolute Gasteiger partial charge is 0.272 e. The quantitative estimate of drug-likeness (QED) is 0.673. The van der Waals surface area contributed by atoms with Crippen LogP contribution in [0.15, 0.2) is 72.9 Å². The lowest BCUT2D eigenvalue weighted by Gasteiger charge is -2.34. The summed E-state index contributed by atoms with van der Waals surface area (Å²) in [5.74, 6) is 0.485. The van der Waals surface area contributed by atoms with E-state index >= 15 is 0 Å². The molecule has 0 radical (unpaired) electrons. The fourth-order valence-electron chi connectivity index (χ4n) is 3.51. The third-order valence-corrected chi connectivity index (χ3v) is 5.21. The van der Waals surface area contributed by atoms with Crippen molar-refractivity contribution in [3.05, 3.63) is 84.2 Å². The maximum absolute atomic E-state index is 13.0. The Labute approximate surface area is 171 Å². The molecular weight excluding hydrogens is 362 g/mol. The van der Waals surface area contributed by atoms with Gasteiger partial charge in [0.1, 0.15) is 5.69 Å². The lowest BCUT2D eigenvalue weighted by Crippen LogP contribution is -2.48. The third-order valence-electron chi connectivity index (χ3n) is 5.21. The summed E-state index contributed by atoms with van der Waals surface area (Å²) in [5.41, 5.74) is 2.72. The van der Waals surface area contributed by atoms with Gasteiger partial charge in [0, 0.05) is 51.7 Å². The van der Waals surface area contributed by atoms with Crippen molar-refractivity contribution in [3.8, 4) is 0 Å². The second kappa shape index (κ2) is 8.84. The molecule has 0 saturated carbocycles. The number of amides is 1. The Kier molecular flexibility index (Phi) is 5.81. The highest BCUT2D eigenvalue weighted by Crippen LogP contribution is 2.19. The number of para-hydroxylation sites is 1. The van der Waals surface area contributed by atoms with Gasteiger partial charge < -0.3 is 9.80 Å². The van der Waals surface area contributed by atoms with Crippen LogP contribution >= 0.6 is 0 Å². The molecule has 2 heterocycles. The molecule has 0 atom stereocenters. The summed E-state index contributed by atoms with van der Waals surface area (Å²) in [6.07, 6.45) is 1.65. The molecule has 29 heavy (non-hydrogen) atoms. The zero-order chi connectivity index (χ0) is 20.1. The van der Waals surface area contributed by atoms with Crippen molar-refractivity contribution in [1.82, 2.24) is 19.8 Å². The minimum atomic E-state index is -0.0329. The van der Waals surface area contributed by atoms with Gasteiger partial charge in [-0.25, -0.2) is 9.97 Å². The van der Waals surface area contributed by atoms with Crippen molar-refractivity contribution in [1.29, 1.82) is 0 Å². The van der Waals surface area contributed by atoms with Crippen molar-refractivity contribution >= 4 is 17.5 Å². The Bertz CT molecular complexity index is 940. The minimum absolute atomic E-state index is 0.0329. The fraction of sp³-hybridized carbons (Fsp3) is 0.261. The molecule has 1 aliphatic heterocycles. The maximum atomic E-state index is 13.0. The second-order valence-electron chi connectivity index (χ2n) is 7.19. The Morgan fingerprint density at radius 1 is 0.931 bits per heavy atom. The van der Waals surface area contributed by atoms with Crippen LogP contribution in [0.1, 0.15) is 16.1 Å². The normalized spacial score (nSPS) is 14.6. The van der Waals surface area contributed by atoms with E-state index in [9.17, 15) is 4.79 Å². The van der Waals surface area contributed by atoms with Gasteiger partial charge in [0.05, 0.1) is 0 Å². The van der Waals surface area contributed by atoms with Crippen LogP contribution in [0.5, 0.6) is 0 Å². The number of carbonyl (C=O) groups excluding carboxylic acids is 1. The van der Waals surface area contributed by atoms with E-state index in [-0.39, 0.29) is 5.91 Å². The maximum Gasteiger partial charge on any atom is 0.272 e.